The smallest absolute Gasteiger partial charge is 0.269 e. The quantitative estimate of drug-likeness (QED) is 0.554. The number of methoxy groups -OCH3 is 1. The zero-order valence-electron chi connectivity index (χ0n) is 16.0. The summed E-state index contributed by atoms with van der Waals surface area (Å²) in [5.41, 5.74) is 3.68. The van der Waals surface area contributed by atoms with Crippen molar-refractivity contribution in [2.75, 3.05) is 19.0 Å². The van der Waals surface area contributed by atoms with Gasteiger partial charge in [0, 0.05) is 25.0 Å². The molecule has 3 rings (SSSR count). The monoisotopic (exact) mass is 375 g/mol. The van der Waals surface area contributed by atoms with Gasteiger partial charge >= 0.3 is 0 Å². The molecule has 2 aromatic carbocycles. The summed E-state index contributed by atoms with van der Waals surface area (Å²) in [5.74, 6) is 0.681. The Morgan fingerprint density at radius 2 is 1.79 bits per heavy atom. The second kappa shape index (κ2) is 10.1. The van der Waals surface area contributed by atoms with Crippen molar-refractivity contribution in [2.45, 2.75) is 19.4 Å². The van der Waals surface area contributed by atoms with Crippen LogP contribution in [0.5, 0.6) is 5.75 Å². The molecule has 0 saturated heterocycles. The molecule has 28 heavy (non-hydrogen) atoms. The van der Waals surface area contributed by atoms with E-state index in [4.69, 9.17) is 4.74 Å². The van der Waals surface area contributed by atoms with E-state index in [1.54, 1.807) is 19.4 Å². The maximum atomic E-state index is 12.3. The van der Waals surface area contributed by atoms with Crippen molar-refractivity contribution in [3.63, 3.8) is 0 Å². The number of hydrogen-bond acceptors (Lipinski definition) is 4. The Morgan fingerprint density at radius 1 is 1.00 bits per heavy atom. The van der Waals surface area contributed by atoms with E-state index in [0.717, 1.165) is 29.8 Å². The molecule has 0 atom stereocenters. The third kappa shape index (κ3) is 5.84. The van der Waals surface area contributed by atoms with Crippen LogP contribution in [0.25, 0.3) is 0 Å². The number of carbonyl (C=O) groups excluding carboxylic acids is 1. The molecule has 1 aromatic heterocycles. The molecule has 0 aliphatic rings. The minimum atomic E-state index is -0.152. The maximum absolute atomic E-state index is 12.3. The van der Waals surface area contributed by atoms with Gasteiger partial charge in [0.1, 0.15) is 11.4 Å². The highest BCUT2D eigenvalue weighted by Crippen LogP contribution is 2.14. The van der Waals surface area contributed by atoms with Gasteiger partial charge in [-0.1, -0.05) is 42.5 Å². The van der Waals surface area contributed by atoms with E-state index in [0.29, 0.717) is 18.8 Å². The van der Waals surface area contributed by atoms with Gasteiger partial charge in [0.15, 0.2) is 0 Å². The summed E-state index contributed by atoms with van der Waals surface area (Å²) in [5, 5.41) is 6.26. The Hall–Kier alpha value is -3.34. The lowest BCUT2D eigenvalue weighted by Crippen LogP contribution is -2.25. The van der Waals surface area contributed by atoms with Gasteiger partial charge in [0.2, 0.25) is 0 Å². The van der Waals surface area contributed by atoms with Crippen LogP contribution in [0, 0.1) is 0 Å². The Bertz CT molecular complexity index is 880. The van der Waals surface area contributed by atoms with Crippen molar-refractivity contribution in [2.24, 2.45) is 0 Å². The number of hydrogen-bond donors (Lipinski definition) is 2. The largest absolute Gasteiger partial charge is 0.497 e. The number of amides is 1. The SMILES string of the molecule is COc1ccc(CNc2ccnc(C(=O)NCCCc3ccccc3)c2)cc1. The fourth-order valence-corrected chi connectivity index (χ4v) is 2.84. The topological polar surface area (TPSA) is 63.2 Å². The second-order valence-electron chi connectivity index (χ2n) is 6.48. The van der Waals surface area contributed by atoms with Crippen molar-refractivity contribution in [3.05, 3.63) is 89.7 Å². The molecule has 1 heterocycles. The first-order valence-electron chi connectivity index (χ1n) is 9.39. The number of ether oxygens (including phenoxy) is 1. The van der Waals surface area contributed by atoms with E-state index in [-0.39, 0.29) is 5.91 Å². The van der Waals surface area contributed by atoms with Crippen LogP contribution in [0.3, 0.4) is 0 Å². The molecule has 0 spiro atoms. The molecule has 3 aromatic rings. The summed E-state index contributed by atoms with van der Waals surface area (Å²) in [6.45, 7) is 1.28. The highest BCUT2D eigenvalue weighted by atomic mass is 16.5. The van der Waals surface area contributed by atoms with E-state index < -0.39 is 0 Å². The minimum absolute atomic E-state index is 0.152. The van der Waals surface area contributed by atoms with Crippen LogP contribution in [-0.4, -0.2) is 24.5 Å². The summed E-state index contributed by atoms with van der Waals surface area (Å²) in [6.07, 6.45) is 3.48. The van der Waals surface area contributed by atoms with Crippen LogP contribution in [0.1, 0.15) is 28.0 Å². The summed E-state index contributed by atoms with van der Waals surface area (Å²) in [4.78, 5) is 16.5. The van der Waals surface area contributed by atoms with Gasteiger partial charge in [-0.15, -0.1) is 0 Å². The summed E-state index contributed by atoms with van der Waals surface area (Å²) in [6, 6.07) is 21.8. The first-order chi connectivity index (χ1) is 13.7. The predicted octanol–water partition coefficient (Wildman–Crippen LogP) is 4.06. The molecule has 0 saturated carbocycles. The van der Waals surface area contributed by atoms with Crippen LogP contribution in [0.4, 0.5) is 5.69 Å². The van der Waals surface area contributed by atoms with Gasteiger partial charge in [0.05, 0.1) is 7.11 Å². The number of nitrogens with one attached hydrogen (secondary N) is 2. The molecule has 0 unspecified atom stereocenters. The van der Waals surface area contributed by atoms with Gasteiger partial charge in [-0.05, 0) is 48.2 Å². The number of anilines is 1. The van der Waals surface area contributed by atoms with Crippen LogP contribution in [0.15, 0.2) is 72.9 Å². The van der Waals surface area contributed by atoms with E-state index in [9.17, 15) is 4.79 Å². The fraction of sp³-hybridized carbons (Fsp3) is 0.217. The predicted molar refractivity (Wildman–Crippen MR) is 112 cm³/mol. The Kier molecular flexibility index (Phi) is 7.01. The number of carbonyl (C=O) groups is 1. The van der Waals surface area contributed by atoms with Gasteiger partial charge in [-0.3, -0.25) is 9.78 Å². The molecule has 0 aliphatic heterocycles. The number of pyridine rings is 1. The third-order valence-electron chi connectivity index (χ3n) is 4.42. The molecule has 144 valence electrons. The first kappa shape index (κ1) is 19.4. The van der Waals surface area contributed by atoms with E-state index >= 15 is 0 Å². The average Bonchev–Trinajstić information content (AvgIpc) is 2.76. The molecular formula is C23H25N3O2. The number of aromatic nitrogens is 1. The van der Waals surface area contributed by atoms with Gasteiger partial charge in [-0.2, -0.15) is 0 Å². The van der Waals surface area contributed by atoms with Crippen molar-refractivity contribution in [1.82, 2.24) is 10.3 Å². The molecule has 0 radical (unpaired) electrons. The molecular weight excluding hydrogens is 350 g/mol. The van der Waals surface area contributed by atoms with Crippen LogP contribution in [-0.2, 0) is 13.0 Å². The molecule has 0 bridgehead atoms. The fourth-order valence-electron chi connectivity index (χ4n) is 2.84. The van der Waals surface area contributed by atoms with Gasteiger partial charge in [0.25, 0.3) is 5.91 Å². The standard InChI is InChI=1S/C23H25N3O2/c1-28-21-11-9-19(10-12-21)17-26-20-13-15-24-22(16-20)23(27)25-14-5-8-18-6-3-2-4-7-18/h2-4,6-7,9-13,15-16H,5,8,14,17H2,1H3,(H,24,26)(H,25,27). The number of aryl methyl sites for hydroxylation is 1. The normalized spacial score (nSPS) is 10.3. The molecule has 0 fully saturated rings. The molecule has 0 aliphatic carbocycles. The van der Waals surface area contributed by atoms with E-state index in [1.165, 1.54) is 5.56 Å². The van der Waals surface area contributed by atoms with Crippen LogP contribution >= 0.6 is 0 Å². The molecule has 5 nitrogen and oxygen atoms in total. The zero-order valence-corrected chi connectivity index (χ0v) is 16.0. The zero-order chi connectivity index (χ0) is 19.6. The van der Waals surface area contributed by atoms with Crippen molar-refractivity contribution in [1.29, 1.82) is 0 Å². The third-order valence-corrected chi connectivity index (χ3v) is 4.42. The molecule has 1 amide bonds. The highest BCUT2D eigenvalue weighted by Gasteiger charge is 2.07. The highest BCUT2D eigenvalue weighted by molar-refractivity contribution is 5.93. The van der Waals surface area contributed by atoms with Crippen molar-refractivity contribution < 1.29 is 9.53 Å². The second-order valence-corrected chi connectivity index (χ2v) is 6.48. The van der Waals surface area contributed by atoms with Crippen LogP contribution in [0.2, 0.25) is 0 Å². The summed E-state index contributed by atoms with van der Waals surface area (Å²) >= 11 is 0. The Balaban J connectivity index is 1.46. The van der Waals surface area contributed by atoms with E-state index in [1.807, 2.05) is 48.5 Å². The maximum Gasteiger partial charge on any atom is 0.269 e. The Labute approximate surface area is 165 Å². The molecule has 2 N–H and O–H groups in total. The summed E-state index contributed by atoms with van der Waals surface area (Å²) < 4.78 is 5.17. The summed E-state index contributed by atoms with van der Waals surface area (Å²) in [7, 11) is 1.65. The minimum Gasteiger partial charge on any atom is -0.497 e. The first-order valence-corrected chi connectivity index (χ1v) is 9.39. The number of nitrogens with zero attached hydrogens (tertiary/aromatic N) is 1. The lowest BCUT2D eigenvalue weighted by Gasteiger charge is -2.09. The number of benzene rings is 2. The van der Waals surface area contributed by atoms with Crippen LogP contribution < -0.4 is 15.4 Å². The lowest BCUT2D eigenvalue weighted by atomic mass is 10.1. The number of rotatable bonds is 9. The van der Waals surface area contributed by atoms with Crippen molar-refractivity contribution >= 4 is 11.6 Å². The van der Waals surface area contributed by atoms with Crippen molar-refractivity contribution in [3.8, 4) is 5.75 Å². The van der Waals surface area contributed by atoms with Gasteiger partial charge < -0.3 is 15.4 Å². The lowest BCUT2D eigenvalue weighted by molar-refractivity contribution is 0.0948. The van der Waals surface area contributed by atoms with E-state index in [2.05, 4.69) is 27.8 Å². The molecule has 5 heteroatoms. The average molecular weight is 375 g/mol. The van der Waals surface area contributed by atoms with Gasteiger partial charge in [-0.25, -0.2) is 0 Å². The Morgan fingerprint density at radius 3 is 2.54 bits per heavy atom.